The van der Waals surface area contributed by atoms with Gasteiger partial charge in [-0.2, -0.15) is 0 Å². The summed E-state index contributed by atoms with van der Waals surface area (Å²) in [5.41, 5.74) is 2.63. The number of imide groups is 1. The Bertz CT molecular complexity index is 1080. The van der Waals surface area contributed by atoms with Crippen LogP contribution < -0.4 is 9.64 Å². The zero-order valence-electron chi connectivity index (χ0n) is 16.6. The minimum absolute atomic E-state index is 0.321. The summed E-state index contributed by atoms with van der Waals surface area (Å²) in [7, 11) is 0. The third-order valence-electron chi connectivity index (χ3n) is 4.87. The van der Waals surface area contributed by atoms with Crippen molar-refractivity contribution >= 4 is 23.7 Å². The maximum atomic E-state index is 13.3. The van der Waals surface area contributed by atoms with Crippen molar-refractivity contribution < 1.29 is 14.3 Å². The van der Waals surface area contributed by atoms with Crippen LogP contribution in [0.1, 0.15) is 34.3 Å². The van der Waals surface area contributed by atoms with E-state index in [4.69, 9.17) is 4.74 Å². The Hall–Kier alpha value is -3.80. The van der Waals surface area contributed by atoms with Crippen molar-refractivity contribution in [1.82, 2.24) is 4.98 Å². The van der Waals surface area contributed by atoms with Crippen LogP contribution in [0.4, 0.5) is 5.69 Å². The van der Waals surface area contributed by atoms with Gasteiger partial charge in [0.25, 0.3) is 5.91 Å². The summed E-state index contributed by atoms with van der Waals surface area (Å²) in [6.07, 6.45) is 5.07. The highest BCUT2D eigenvalue weighted by Crippen LogP contribution is 2.32. The fourth-order valence-electron chi connectivity index (χ4n) is 3.46. The van der Waals surface area contributed by atoms with Gasteiger partial charge in [0.05, 0.1) is 24.8 Å². The van der Waals surface area contributed by atoms with Crippen LogP contribution in [-0.2, 0) is 11.3 Å². The van der Waals surface area contributed by atoms with Gasteiger partial charge in [-0.1, -0.05) is 24.3 Å². The van der Waals surface area contributed by atoms with Crippen molar-refractivity contribution in [2.24, 2.45) is 4.99 Å². The minimum Gasteiger partial charge on any atom is -0.494 e. The second-order valence-corrected chi connectivity index (χ2v) is 6.82. The highest BCUT2D eigenvalue weighted by atomic mass is 16.5. The molecule has 0 radical (unpaired) electrons. The molecule has 0 spiro atoms. The standard InChI is InChI=1S/C24H21N3O3/c1-2-30-19-11-9-18(10-12-19)27-23(28)21-8-4-3-7-20(21)22(24(27)29)16-26-15-17-6-5-13-25-14-17/h3-14,16,22H,2,15H2,1H3/t22-/m1/s1. The Balaban J connectivity index is 1.66. The molecule has 2 amide bonds. The Morgan fingerprint density at radius 2 is 1.87 bits per heavy atom. The van der Waals surface area contributed by atoms with E-state index in [1.807, 2.05) is 25.1 Å². The summed E-state index contributed by atoms with van der Waals surface area (Å²) in [5, 5.41) is 0. The van der Waals surface area contributed by atoms with Gasteiger partial charge in [0.2, 0.25) is 5.91 Å². The molecule has 1 aromatic heterocycles. The largest absolute Gasteiger partial charge is 0.494 e. The number of aliphatic imine (C=N–C) groups is 1. The molecule has 2 aromatic carbocycles. The van der Waals surface area contributed by atoms with E-state index in [2.05, 4.69) is 9.98 Å². The van der Waals surface area contributed by atoms with Gasteiger partial charge in [-0.15, -0.1) is 0 Å². The van der Waals surface area contributed by atoms with Crippen LogP contribution in [0.3, 0.4) is 0 Å². The SMILES string of the molecule is CCOc1ccc(N2C(=O)c3ccccc3[C@@H](C=NCc3cccnc3)C2=O)cc1. The van der Waals surface area contributed by atoms with E-state index in [-0.39, 0.29) is 11.8 Å². The highest BCUT2D eigenvalue weighted by molar-refractivity contribution is 6.29. The Labute approximate surface area is 174 Å². The molecule has 0 aliphatic carbocycles. The van der Waals surface area contributed by atoms with E-state index in [1.54, 1.807) is 61.1 Å². The molecule has 0 N–H and O–H groups in total. The predicted molar refractivity (Wildman–Crippen MR) is 115 cm³/mol. The third kappa shape index (κ3) is 3.85. The number of rotatable bonds is 6. The highest BCUT2D eigenvalue weighted by Gasteiger charge is 2.38. The lowest BCUT2D eigenvalue weighted by Crippen LogP contribution is -2.45. The summed E-state index contributed by atoms with van der Waals surface area (Å²) >= 11 is 0. The quantitative estimate of drug-likeness (QED) is 0.464. The topological polar surface area (TPSA) is 71.9 Å². The molecule has 6 heteroatoms. The number of carbonyl (C=O) groups excluding carboxylic acids is 2. The molecule has 0 bridgehead atoms. The van der Waals surface area contributed by atoms with Gasteiger partial charge in [-0.3, -0.25) is 19.6 Å². The molecular weight excluding hydrogens is 378 g/mol. The van der Waals surface area contributed by atoms with Crippen molar-refractivity contribution in [2.45, 2.75) is 19.4 Å². The van der Waals surface area contributed by atoms with Crippen LogP contribution in [0.25, 0.3) is 0 Å². The van der Waals surface area contributed by atoms with Crippen molar-refractivity contribution in [3.63, 3.8) is 0 Å². The molecular formula is C24H21N3O3. The molecule has 30 heavy (non-hydrogen) atoms. The molecule has 0 saturated heterocycles. The van der Waals surface area contributed by atoms with Crippen LogP contribution in [0.15, 0.2) is 78.0 Å². The van der Waals surface area contributed by atoms with Crippen LogP contribution >= 0.6 is 0 Å². The molecule has 3 aromatic rings. The molecule has 1 atom stereocenters. The van der Waals surface area contributed by atoms with E-state index in [1.165, 1.54) is 4.90 Å². The molecule has 150 valence electrons. The van der Waals surface area contributed by atoms with Crippen molar-refractivity contribution in [2.75, 3.05) is 11.5 Å². The van der Waals surface area contributed by atoms with Crippen LogP contribution in [0.5, 0.6) is 5.75 Å². The number of ether oxygens (including phenoxy) is 1. The van der Waals surface area contributed by atoms with Gasteiger partial charge in [0.1, 0.15) is 5.75 Å². The number of aromatic nitrogens is 1. The number of pyridine rings is 1. The Morgan fingerprint density at radius 3 is 2.60 bits per heavy atom. The fraction of sp³-hybridized carbons (Fsp3) is 0.167. The molecule has 4 rings (SSSR count). The predicted octanol–water partition coefficient (Wildman–Crippen LogP) is 4.02. The van der Waals surface area contributed by atoms with Crippen LogP contribution in [0, 0.1) is 0 Å². The van der Waals surface area contributed by atoms with Gasteiger partial charge in [-0.05, 0) is 54.4 Å². The zero-order chi connectivity index (χ0) is 20.9. The monoisotopic (exact) mass is 399 g/mol. The first-order valence-corrected chi connectivity index (χ1v) is 9.78. The second kappa shape index (κ2) is 8.69. The first-order valence-electron chi connectivity index (χ1n) is 9.78. The number of benzene rings is 2. The average Bonchev–Trinajstić information content (AvgIpc) is 2.78. The van der Waals surface area contributed by atoms with E-state index in [0.717, 1.165) is 5.56 Å². The number of nitrogens with zero attached hydrogens (tertiary/aromatic N) is 3. The average molecular weight is 399 g/mol. The molecule has 0 unspecified atom stereocenters. The van der Waals surface area contributed by atoms with Gasteiger partial charge in [0, 0.05) is 24.2 Å². The summed E-state index contributed by atoms with van der Waals surface area (Å²) in [5.74, 6) is -0.607. The molecule has 1 aliphatic rings. The van der Waals surface area contributed by atoms with Crippen molar-refractivity contribution in [1.29, 1.82) is 0 Å². The lowest BCUT2D eigenvalue weighted by atomic mass is 9.89. The Morgan fingerprint density at radius 1 is 1.07 bits per heavy atom. The molecule has 2 heterocycles. The summed E-state index contributed by atoms with van der Waals surface area (Å²) in [4.78, 5) is 36.2. The number of carbonyl (C=O) groups is 2. The summed E-state index contributed by atoms with van der Waals surface area (Å²) in [6, 6.07) is 17.9. The third-order valence-corrected chi connectivity index (χ3v) is 4.87. The normalized spacial score (nSPS) is 16.0. The molecule has 1 aliphatic heterocycles. The smallest absolute Gasteiger partial charge is 0.265 e. The van der Waals surface area contributed by atoms with Gasteiger partial charge in [-0.25, -0.2) is 4.90 Å². The number of hydrogen-bond donors (Lipinski definition) is 0. The van der Waals surface area contributed by atoms with Gasteiger partial charge >= 0.3 is 0 Å². The number of anilines is 1. The van der Waals surface area contributed by atoms with E-state index in [0.29, 0.717) is 35.7 Å². The molecule has 6 nitrogen and oxygen atoms in total. The minimum atomic E-state index is -0.637. The Kier molecular flexibility index (Phi) is 5.66. The number of fused-ring (bicyclic) bond motifs is 1. The summed E-state index contributed by atoms with van der Waals surface area (Å²) in [6.45, 7) is 2.86. The zero-order valence-corrected chi connectivity index (χ0v) is 16.6. The van der Waals surface area contributed by atoms with E-state index in [9.17, 15) is 9.59 Å². The van der Waals surface area contributed by atoms with Gasteiger partial charge in [0.15, 0.2) is 0 Å². The van der Waals surface area contributed by atoms with Gasteiger partial charge < -0.3 is 4.74 Å². The lowest BCUT2D eigenvalue weighted by molar-refractivity contribution is -0.118. The second-order valence-electron chi connectivity index (χ2n) is 6.82. The number of hydrogen-bond acceptors (Lipinski definition) is 5. The van der Waals surface area contributed by atoms with E-state index >= 15 is 0 Å². The maximum absolute atomic E-state index is 13.3. The van der Waals surface area contributed by atoms with Crippen molar-refractivity contribution in [3.05, 3.63) is 89.7 Å². The van der Waals surface area contributed by atoms with Crippen LogP contribution in [0.2, 0.25) is 0 Å². The number of amides is 2. The molecule has 0 fully saturated rings. The maximum Gasteiger partial charge on any atom is 0.265 e. The lowest BCUT2D eigenvalue weighted by Gasteiger charge is -2.31. The first kappa shape index (κ1) is 19.5. The summed E-state index contributed by atoms with van der Waals surface area (Å²) < 4.78 is 5.46. The fourth-order valence-corrected chi connectivity index (χ4v) is 3.46. The van der Waals surface area contributed by atoms with E-state index < -0.39 is 5.92 Å². The van der Waals surface area contributed by atoms with Crippen molar-refractivity contribution in [3.8, 4) is 5.75 Å². The molecule has 0 saturated carbocycles. The van der Waals surface area contributed by atoms with Crippen LogP contribution in [-0.4, -0.2) is 29.6 Å². The first-order chi connectivity index (χ1) is 14.7.